The van der Waals surface area contributed by atoms with Crippen LogP contribution in [-0.4, -0.2) is 60.4 Å². The van der Waals surface area contributed by atoms with Crippen molar-refractivity contribution in [3.05, 3.63) is 0 Å². The molecule has 0 bridgehead atoms. The van der Waals surface area contributed by atoms with E-state index in [4.69, 9.17) is 0 Å². The van der Waals surface area contributed by atoms with E-state index >= 15 is 0 Å². The Balaban J connectivity index is 1.94. The molecule has 0 aromatic rings. The van der Waals surface area contributed by atoms with E-state index in [2.05, 4.69) is 24.1 Å². The standard InChI is InChI=1S/C18H33N3O2/c1-14(2)8-9-19-18(23)17(16-6-4-5-7-16)21-12-10-20(11-13-21)15(3)22/h14,16-17H,4-13H2,1-3H3,(H,19,23). The van der Waals surface area contributed by atoms with E-state index in [1.807, 2.05) is 4.90 Å². The fourth-order valence-electron chi connectivity index (χ4n) is 3.85. The van der Waals surface area contributed by atoms with Crippen molar-refractivity contribution in [2.75, 3.05) is 32.7 Å². The summed E-state index contributed by atoms with van der Waals surface area (Å²) in [4.78, 5) is 28.5. The number of nitrogens with one attached hydrogen (secondary N) is 1. The molecule has 1 atom stereocenters. The van der Waals surface area contributed by atoms with E-state index in [0.717, 1.165) is 52.0 Å². The zero-order chi connectivity index (χ0) is 16.8. The molecule has 1 aliphatic carbocycles. The highest BCUT2D eigenvalue weighted by molar-refractivity contribution is 5.82. The Morgan fingerprint density at radius 2 is 1.70 bits per heavy atom. The highest BCUT2D eigenvalue weighted by atomic mass is 16.2. The number of piperazine rings is 1. The highest BCUT2D eigenvalue weighted by Crippen LogP contribution is 2.31. The van der Waals surface area contributed by atoms with Gasteiger partial charge in [-0.25, -0.2) is 0 Å². The lowest BCUT2D eigenvalue weighted by molar-refractivity contribution is -0.133. The first-order valence-corrected chi connectivity index (χ1v) is 9.26. The second-order valence-corrected chi connectivity index (χ2v) is 7.50. The van der Waals surface area contributed by atoms with Gasteiger partial charge < -0.3 is 10.2 Å². The quantitative estimate of drug-likeness (QED) is 0.812. The van der Waals surface area contributed by atoms with Gasteiger partial charge in [0.25, 0.3) is 0 Å². The first-order chi connectivity index (χ1) is 11.0. The summed E-state index contributed by atoms with van der Waals surface area (Å²) in [5.41, 5.74) is 0. The maximum atomic E-state index is 12.8. The van der Waals surface area contributed by atoms with Crippen molar-refractivity contribution in [2.24, 2.45) is 11.8 Å². The number of amides is 2. The van der Waals surface area contributed by atoms with Crippen LogP contribution in [0.5, 0.6) is 0 Å². The molecule has 5 nitrogen and oxygen atoms in total. The zero-order valence-corrected chi connectivity index (χ0v) is 15.0. The van der Waals surface area contributed by atoms with Gasteiger partial charge in [-0.2, -0.15) is 0 Å². The summed E-state index contributed by atoms with van der Waals surface area (Å²) in [6, 6.07) is -0.00114. The number of carbonyl (C=O) groups is 2. The van der Waals surface area contributed by atoms with Gasteiger partial charge in [-0.15, -0.1) is 0 Å². The lowest BCUT2D eigenvalue weighted by atomic mass is 9.95. The molecule has 5 heteroatoms. The van der Waals surface area contributed by atoms with Crippen LogP contribution in [-0.2, 0) is 9.59 Å². The van der Waals surface area contributed by atoms with E-state index in [1.165, 1.54) is 12.8 Å². The van der Waals surface area contributed by atoms with Crippen LogP contribution in [0.4, 0.5) is 0 Å². The van der Waals surface area contributed by atoms with Gasteiger partial charge in [-0.1, -0.05) is 26.7 Å². The molecule has 132 valence electrons. The van der Waals surface area contributed by atoms with Gasteiger partial charge in [-0.3, -0.25) is 14.5 Å². The number of nitrogens with zero attached hydrogens (tertiary/aromatic N) is 2. The summed E-state index contributed by atoms with van der Waals surface area (Å²) in [6.07, 6.45) is 5.84. The molecule has 1 saturated carbocycles. The fourth-order valence-corrected chi connectivity index (χ4v) is 3.85. The molecule has 2 rings (SSSR count). The predicted octanol–water partition coefficient (Wildman–Crippen LogP) is 1.87. The van der Waals surface area contributed by atoms with Crippen molar-refractivity contribution in [2.45, 2.75) is 58.9 Å². The van der Waals surface area contributed by atoms with E-state index in [1.54, 1.807) is 6.92 Å². The van der Waals surface area contributed by atoms with Crippen LogP contribution in [0, 0.1) is 11.8 Å². The van der Waals surface area contributed by atoms with Crippen LogP contribution in [0.25, 0.3) is 0 Å². The molecule has 23 heavy (non-hydrogen) atoms. The molecule has 2 fully saturated rings. The van der Waals surface area contributed by atoms with Crippen molar-refractivity contribution < 1.29 is 9.59 Å². The number of hydrogen-bond donors (Lipinski definition) is 1. The molecule has 0 radical (unpaired) electrons. The summed E-state index contributed by atoms with van der Waals surface area (Å²) in [5, 5.41) is 3.16. The van der Waals surface area contributed by atoms with Crippen molar-refractivity contribution >= 4 is 11.8 Å². The van der Waals surface area contributed by atoms with E-state index in [-0.39, 0.29) is 17.9 Å². The van der Waals surface area contributed by atoms with Crippen molar-refractivity contribution in [3.8, 4) is 0 Å². The summed E-state index contributed by atoms with van der Waals surface area (Å²) < 4.78 is 0. The Morgan fingerprint density at radius 3 is 2.22 bits per heavy atom. The maximum absolute atomic E-state index is 12.8. The van der Waals surface area contributed by atoms with Crippen LogP contribution in [0.2, 0.25) is 0 Å². The van der Waals surface area contributed by atoms with Gasteiger partial charge in [0, 0.05) is 39.6 Å². The Morgan fingerprint density at radius 1 is 1.09 bits per heavy atom. The monoisotopic (exact) mass is 323 g/mol. The van der Waals surface area contributed by atoms with Crippen molar-refractivity contribution in [1.82, 2.24) is 15.1 Å². The van der Waals surface area contributed by atoms with Crippen LogP contribution < -0.4 is 5.32 Å². The summed E-state index contributed by atoms with van der Waals surface area (Å²) in [6.45, 7) is 9.89. The minimum Gasteiger partial charge on any atom is -0.355 e. The smallest absolute Gasteiger partial charge is 0.237 e. The molecule has 0 spiro atoms. The summed E-state index contributed by atoms with van der Waals surface area (Å²) in [7, 11) is 0. The zero-order valence-electron chi connectivity index (χ0n) is 15.0. The Kier molecular flexibility index (Phi) is 6.88. The molecule has 1 aliphatic heterocycles. The van der Waals surface area contributed by atoms with Gasteiger partial charge in [0.1, 0.15) is 0 Å². The van der Waals surface area contributed by atoms with Crippen LogP contribution in [0.3, 0.4) is 0 Å². The second-order valence-electron chi connectivity index (χ2n) is 7.50. The largest absolute Gasteiger partial charge is 0.355 e. The highest BCUT2D eigenvalue weighted by Gasteiger charge is 2.36. The Labute approximate surface area is 140 Å². The van der Waals surface area contributed by atoms with Gasteiger partial charge >= 0.3 is 0 Å². The van der Waals surface area contributed by atoms with Gasteiger partial charge in [0.15, 0.2) is 0 Å². The average molecular weight is 323 g/mol. The first kappa shape index (κ1) is 18.2. The Bertz CT molecular complexity index is 397. The lowest BCUT2D eigenvalue weighted by Gasteiger charge is -2.40. The molecule has 1 unspecified atom stereocenters. The molecular formula is C18H33N3O2. The van der Waals surface area contributed by atoms with Crippen molar-refractivity contribution in [1.29, 1.82) is 0 Å². The van der Waals surface area contributed by atoms with E-state index in [0.29, 0.717) is 11.8 Å². The SMILES string of the molecule is CC(=O)N1CCN(C(C(=O)NCCC(C)C)C2CCCC2)CC1. The molecule has 1 N–H and O–H groups in total. The van der Waals surface area contributed by atoms with Crippen LogP contribution in [0.15, 0.2) is 0 Å². The molecule has 1 saturated heterocycles. The molecule has 0 aromatic carbocycles. The molecule has 1 heterocycles. The van der Waals surface area contributed by atoms with Gasteiger partial charge in [0.05, 0.1) is 6.04 Å². The van der Waals surface area contributed by atoms with Crippen LogP contribution in [0.1, 0.15) is 52.9 Å². The molecule has 0 aromatic heterocycles. The van der Waals surface area contributed by atoms with Gasteiger partial charge in [0.2, 0.25) is 11.8 Å². The predicted molar refractivity (Wildman–Crippen MR) is 92.0 cm³/mol. The minimum absolute atomic E-state index is 0.00114. The van der Waals surface area contributed by atoms with Crippen LogP contribution >= 0.6 is 0 Å². The number of hydrogen-bond acceptors (Lipinski definition) is 3. The third-order valence-electron chi connectivity index (χ3n) is 5.29. The van der Waals surface area contributed by atoms with E-state index in [9.17, 15) is 9.59 Å². The first-order valence-electron chi connectivity index (χ1n) is 9.26. The molecule has 2 aliphatic rings. The maximum Gasteiger partial charge on any atom is 0.237 e. The minimum atomic E-state index is -0.00114. The second kappa shape index (κ2) is 8.67. The molecule has 2 amide bonds. The van der Waals surface area contributed by atoms with E-state index < -0.39 is 0 Å². The summed E-state index contributed by atoms with van der Waals surface area (Å²) in [5.74, 6) is 1.44. The Hall–Kier alpha value is -1.10. The topological polar surface area (TPSA) is 52.7 Å². The average Bonchev–Trinajstić information content (AvgIpc) is 3.01. The van der Waals surface area contributed by atoms with Gasteiger partial charge in [-0.05, 0) is 31.1 Å². The third-order valence-corrected chi connectivity index (χ3v) is 5.29. The number of rotatable bonds is 6. The lowest BCUT2D eigenvalue weighted by Crippen LogP contribution is -2.57. The molecular weight excluding hydrogens is 290 g/mol. The number of carbonyl (C=O) groups excluding carboxylic acids is 2. The third kappa shape index (κ3) is 5.20. The summed E-state index contributed by atoms with van der Waals surface area (Å²) >= 11 is 0. The normalized spacial score (nSPS) is 21.7. The van der Waals surface area contributed by atoms with Crippen molar-refractivity contribution in [3.63, 3.8) is 0 Å². The fraction of sp³-hybridized carbons (Fsp3) is 0.889.